The lowest BCUT2D eigenvalue weighted by molar-refractivity contribution is 0.394. The van der Waals surface area contributed by atoms with Crippen LogP contribution in [0, 0.1) is 0 Å². The van der Waals surface area contributed by atoms with Crippen molar-refractivity contribution in [3.8, 4) is 45.1 Å². The number of nitrogens with one attached hydrogen (secondary N) is 1. The number of imidazole rings is 1. The molecule has 0 saturated heterocycles. The average Bonchev–Trinajstić information content (AvgIpc) is 3.38. The van der Waals surface area contributed by atoms with Gasteiger partial charge in [-0.05, 0) is 29.3 Å². The second kappa shape index (κ2) is 7.99. The molecule has 3 aromatic heterocycles. The SMILES string of the molecule is COc1cc(OC)cc(-c2cc(-c3ccccc3-c3c[nH]cn3)nc3ncnc(N)c23)c1. The third-order valence-corrected chi connectivity index (χ3v) is 5.27. The number of nitrogens with zero attached hydrogens (tertiary/aromatic N) is 4. The number of rotatable bonds is 5. The van der Waals surface area contributed by atoms with E-state index in [0.29, 0.717) is 28.4 Å². The Labute approximate surface area is 184 Å². The van der Waals surface area contributed by atoms with E-state index in [4.69, 9.17) is 20.2 Å². The number of hydrogen-bond acceptors (Lipinski definition) is 7. The Kier molecular flexibility index (Phi) is 4.87. The topological polar surface area (TPSA) is 112 Å². The molecule has 0 radical (unpaired) electrons. The lowest BCUT2D eigenvalue weighted by atomic mass is 9.96. The molecule has 32 heavy (non-hydrogen) atoms. The summed E-state index contributed by atoms with van der Waals surface area (Å²) in [6.07, 6.45) is 4.93. The molecule has 3 heterocycles. The van der Waals surface area contributed by atoms with E-state index in [-0.39, 0.29) is 0 Å². The third-order valence-electron chi connectivity index (χ3n) is 5.27. The molecule has 8 nitrogen and oxygen atoms in total. The molecule has 0 aliphatic carbocycles. The van der Waals surface area contributed by atoms with Gasteiger partial charge in [-0.3, -0.25) is 0 Å². The number of fused-ring (bicyclic) bond motifs is 1. The van der Waals surface area contributed by atoms with Crippen LogP contribution in [0.25, 0.3) is 44.7 Å². The summed E-state index contributed by atoms with van der Waals surface area (Å²) < 4.78 is 10.9. The van der Waals surface area contributed by atoms with Crippen LogP contribution >= 0.6 is 0 Å². The molecule has 0 aliphatic rings. The van der Waals surface area contributed by atoms with E-state index in [1.165, 1.54) is 6.33 Å². The van der Waals surface area contributed by atoms with E-state index in [1.807, 2.05) is 54.7 Å². The maximum atomic E-state index is 6.26. The molecular weight excluding hydrogens is 404 g/mol. The second-order valence-corrected chi connectivity index (χ2v) is 7.11. The number of anilines is 1. The van der Waals surface area contributed by atoms with Crippen LogP contribution in [0.5, 0.6) is 11.5 Å². The van der Waals surface area contributed by atoms with E-state index in [9.17, 15) is 0 Å². The first-order valence-electron chi connectivity index (χ1n) is 9.91. The van der Waals surface area contributed by atoms with Crippen LogP contribution in [0.1, 0.15) is 0 Å². The van der Waals surface area contributed by atoms with Gasteiger partial charge in [0.2, 0.25) is 0 Å². The predicted octanol–water partition coefficient (Wildman–Crippen LogP) is 4.35. The van der Waals surface area contributed by atoms with Crippen LogP contribution < -0.4 is 15.2 Å². The highest BCUT2D eigenvalue weighted by atomic mass is 16.5. The van der Waals surface area contributed by atoms with Crippen molar-refractivity contribution in [1.29, 1.82) is 0 Å². The number of methoxy groups -OCH3 is 2. The number of benzene rings is 2. The van der Waals surface area contributed by atoms with Gasteiger partial charge in [0.25, 0.3) is 0 Å². The van der Waals surface area contributed by atoms with Crippen molar-refractivity contribution in [2.24, 2.45) is 0 Å². The second-order valence-electron chi connectivity index (χ2n) is 7.11. The lowest BCUT2D eigenvalue weighted by Gasteiger charge is -2.14. The summed E-state index contributed by atoms with van der Waals surface area (Å²) in [4.78, 5) is 20.8. The van der Waals surface area contributed by atoms with Gasteiger partial charge in [0.1, 0.15) is 23.6 Å². The standard InChI is InChI=1S/C24H20N6O2/c1-31-15-7-14(8-16(9-15)32-2)19-10-20(30-24-22(19)23(25)28-13-29-24)17-5-3-4-6-18(17)21-11-26-12-27-21/h3-13H,1-2H3,(H,26,27)(H2,25,28,29,30). The van der Waals surface area contributed by atoms with Crippen molar-refractivity contribution in [3.05, 3.63) is 67.4 Å². The molecule has 2 aromatic carbocycles. The maximum Gasteiger partial charge on any atom is 0.165 e. The van der Waals surface area contributed by atoms with Crippen molar-refractivity contribution in [1.82, 2.24) is 24.9 Å². The van der Waals surface area contributed by atoms with Crippen LogP contribution in [-0.2, 0) is 0 Å². The molecule has 5 aromatic rings. The molecule has 0 atom stereocenters. The summed E-state index contributed by atoms with van der Waals surface area (Å²) >= 11 is 0. The van der Waals surface area contributed by atoms with Crippen molar-refractivity contribution >= 4 is 16.9 Å². The Bertz CT molecular complexity index is 1390. The summed E-state index contributed by atoms with van der Waals surface area (Å²) in [6.45, 7) is 0. The zero-order chi connectivity index (χ0) is 22.1. The highest BCUT2D eigenvalue weighted by molar-refractivity contribution is 6.01. The Morgan fingerprint density at radius 2 is 1.53 bits per heavy atom. The van der Waals surface area contributed by atoms with Crippen molar-refractivity contribution in [2.45, 2.75) is 0 Å². The van der Waals surface area contributed by atoms with Crippen molar-refractivity contribution < 1.29 is 9.47 Å². The van der Waals surface area contributed by atoms with Gasteiger partial charge in [-0.1, -0.05) is 24.3 Å². The molecule has 0 amide bonds. The van der Waals surface area contributed by atoms with Gasteiger partial charge in [0.15, 0.2) is 5.65 Å². The van der Waals surface area contributed by atoms with Crippen LogP contribution in [0.15, 0.2) is 67.4 Å². The molecule has 8 heteroatoms. The van der Waals surface area contributed by atoms with Crippen LogP contribution in [-0.4, -0.2) is 39.1 Å². The fraction of sp³-hybridized carbons (Fsp3) is 0.0833. The van der Waals surface area contributed by atoms with E-state index >= 15 is 0 Å². The highest BCUT2D eigenvalue weighted by Gasteiger charge is 2.17. The Morgan fingerprint density at radius 3 is 2.19 bits per heavy atom. The molecule has 0 spiro atoms. The number of nitrogens with two attached hydrogens (primary N) is 1. The van der Waals surface area contributed by atoms with Crippen LogP contribution in [0.3, 0.4) is 0 Å². The summed E-state index contributed by atoms with van der Waals surface area (Å²) in [5, 5.41) is 0.670. The molecule has 0 saturated carbocycles. The largest absolute Gasteiger partial charge is 0.497 e. The zero-order valence-corrected chi connectivity index (χ0v) is 17.5. The van der Waals surface area contributed by atoms with Gasteiger partial charge in [-0.2, -0.15) is 0 Å². The molecule has 0 bridgehead atoms. The van der Waals surface area contributed by atoms with Gasteiger partial charge in [-0.15, -0.1) is 0 Å². The summed E-state index contributed by atoms with van der Waals surface area (Å²) in [5.74, 6) is 1.68. The van der Waals surface area contributed by atoms with Crippen LogP contribution in [0.4, 0.5) is 5.82 Å². The fourth-order valence-corrected chi connectivity index (χ4v) is 3.75. The Hall–Kier alpha value is -4.46. The molecule has 3 N–H and O–H groups in total. The quantitative estimate of drug-likeness (QED) is 0.431. The van der Waals surface area contributed by atoms with Gasteiger partial charge in [-0.25, -0.2) is 19.9 Å². The Balaban J connectivity index is 1.81. The van der Waals surface area contributed by atoms with Gasteiger partial charge in [0, 0.05) is 23.4 Å². The van der Waals surface area contributed by atoms with E-state index in [2.05, 4.69) is 19.9 Å². The van der Waals surface area contributed by atoms with E-state index in [0.717, 1.165) is 33.6 Å². The first-order valence-corrected chi connectivity index (χ1v) is 9.91. The Morgan fingerprint density at radius 1 is 0.812 bits per heavy atom. The number of aromatic nitrogens is 5. The van der Waals surface area contributed by atoms with Gasteiger partial charge >= 0.3 is 0 Å². The van der Waals surface area contributed by atoms with Crippen molar-refractivity contribution in [2.75, 3.05) is 20.0 Å². The summed E-state index contributed by atoms with van der Waals surface area (Å²) in [5.41, 5.74) is 11.9. The minimum absolute atomic E-state index is 0.353. The summed E-state index contributed by atoms with van der Waals surface area (Å²) in [7, 11) is 3.23. The number of ether oxygens (including phenoxy) is 2. The molecule has 0 fully saturated rings. The number of pyridine rings is 1. The van der Waals surface area contributed by atoms with Crippen molar-refractivity contribution in [3.63, 3.8) is 0 Å². The number of H-pyrrole nitrogens is 1. The molecule has 0 unspecified atom stereocenters. The lowest BCUT2D eigenvalue weighted by Crippen LogP contribution is -1.99. The van der Waals surface area contributed by atoms with Crippen LogP contribution in [0.2, 0.25) is 0 Å². The number of aromatic amines is 1. The van der Waals surface area contributed by atoms with E-state index in [1.54, 1.807) is 20.5 Å². The first-order chi connectivity index (χ1) is 15.7. The van der Waals surface area contributed by atoms with Gasteiger partial charge < -0.3 is 20.2 Å². The predicted molar refractivity (Wildman–Crippen MR) is 123 cm³/mol. The molecule has 5 rings (SSSR count). The first kappa shape index (κ1) is 19.5. The third kappa shape index (κ3) is 3.37. The van der Waals surface area contributed by atoms with E-state index < -0.39 is 0 Å². The smallest absolute Gasteiger partial charge is 0.165 e. The minimum Gasteiger partial charge on any atom is -0.497 e. The number of hydrogen-bond donors (Lipinski definition) is 2. The number of nitrogen functional groups attached to an aromatic ring is 1. The maximum absolute atomic E-state index is 6.26. The zero-order valence-electron chi connectivity index (χ0n) is 17.5. The fourth-order valence-electron chi connectivity index (χ4n) is 3.75. The summed E-state index contributed by atoms with van der Waals surface area (Å²) in [6, 6.07) is 15.6. The normalized spacial score (nSPS) is 10.9. The molecule has 158 valence electrons. The van der Waals surface area contributed by atoms with Gasteiger partial charge in [0.05, 0.1) is 37.3 Å². The molecule has 0 aliphatic heterocycles. The molecular formula is C24H20N6O2. The highest BCUT2D eigenvalue weighted by Crippen LogP contribution is 2.38. The monoisotopic (exact) mass is 424 g/mol. The average molecular weight is 424 g/mol. The minimum atomic E-state index is 0.353.